The summed E-state index contributed by atoms with van der Waals surface area (Å²) < 4.78 is 0. The maximum atomic E-state index is 13.3. The molecule has 1 aliphatic heterocycles. The van der Waals surface area contributed by atoms with Crippen LogP contribution in [0.5, 0.6) is 0 Å². The van der Waals surface area contributed by atoms with E-state index in [4.69, 9.17) is 4.99 Å². The minimum atomic E-state index is -1.03. The van der Waals surface area contributed by atoms with Crippen LogP contribution in [0.4, 0.5) is 5.69 Å². The maximum absolute atomic E-state index is 13.3. The number of likely N-dealkylation sites (N-methyl/N-ethyl adjacent to an activating group) is 1. The van der Waals surface area contributed by atoms with E-state index in [2.05, 4.69) is 10.6 Å². The molecule has 2 atom stereocenters. The van der Waals surface area contributed by atoms with Crippen LogP contribution in [0.1, 0.15) is 50.2 Å². The van der Waals surface area contributed by atoms with E-state index in [0.29, 0.717) is 0 Å². The molecule has 2 aliphatic rings. The molecule has 0 aromatic heterocycles. The summed E-state index contributed by atoms with van der Waals surface area (Å²) in [6.07, 6.45) is 4.69. The molecule has 1 unspecified atom stereocenters. The van der Waals surface area contributed by atoms with Gasteiger partial charge < -0.3 is 15.5 Å². The Morgan fingerprint density at radius 3 is 2.44 bits per heavy atom. The van der Waals surface area contributed by atoms with E-state index in [1.807, 2.05) is 54.6 Å². The Morgan fingerprint density at radius 1 is 1.03 bits per heavy atom. The summed E-state index contributed by atoms with van der Waals surface area (Å²) in [5.41, 5.74) is 3.51. The number of fused-ring (bicyclic) bond motifs is 1. The minimum absolute atomic E-state index is 0.183. The van der Waals surface area contributed by atoms with E-state index in [0.717, 1.165) is 48.2 Å². The van der Waals surface area contributed by atoms with Gasteiger partial charge in [-0.05, 0) is 31.4 Å². The zero-order valence-electron chi connectivity index (χ0n) is 19.8. The lowest BCUT2D eigenvalue weighted by Gasteiger charge is -2.25. The van der Waals surface area contributed by atoms with Gasteiger partial charge in [0.25, 0.3) is 5.91 Å². The van der Waals surface area contributed by atoms with Gasteiger partial charge >= 0.3 is 0 Å². The first-order chi connectivity index (χ1) is 16.4. The Hall–Kier alpha value is -3.48. The molecule has 4 rings (SSSR count). The van der Waals surface area contributed by atoms with Gasteiger partial charge in [-0.1, -0.05) is 67.8 Å². The molecule has 0 bridgehead atoms. The molecule has 0 radical (unpaired) electrons. The zero-order chi connectivity index (χ0) is 24.1. The average molecular weight is 461 g/mol. The summed E-state index contributed by atoms with van der Waals surface area (Å²) >= 11 is 0. The van der Waals surface area contributed by atoms with Gasteiger partial charge in [0.2, 0.25) is 18.0 Å². The van der Waals surface area contributed by atoms with Crippen molar-refractivity contribution in [2.24, 2.45) is 10.9 Å². The van der Waals surface area contributed by atoms with E-state index in [1.165, 1.54) is 6.42 Å². The molecule has 2 aromatic carbocycles. The Balaban J connectivity index is 1.51. The number of nitrogens with one attached hydrogen (secondary N) is 2. The molecule has 3 amide bonds. The van der Waals surface area contributed by atoms with Gasteiger partial charge in [-0.25, -0.2) is 0 Å². The van der Waals surface area contributed by atoms with Gasteiger partial charge in [-0.3, -0.25) is 19.4 Å². The quantitative estimate of drug-likeness (QED) is 0.694. The molecule has 1 saturated carbocycles. The van der Waals surface area contributed by atoms with Crippen molar-refractivity contribution in [3.8, 4) is 0 Å². The van der Waals surface area contributed by atoms with Gasteiger partial charge in [-0.15, -0.1) is 0 Å². The van der Waals surface area contributed by atoms with Crippen molar-refractivity contribution >= 4 is 29.1 Å². The number of benzene rings is 2. The first kappa shape index (κ1) is 23.7. The number of hydrogen-bond acceptors (Lipinski definition) is 4. The molecule has 1 heterocycles. The number of aliphatic imine (C=N–C) groups is 1. The molecule has 0 saturated heterocycles. The highest BCUT2D eigenvalue weighted by Gasteiger charge is 2.34. The van der Waals surface area contributed by atoms with Gasteiger partial charge in [0, 0.05) is 18.5 Å². The number of carbonyl (C=O) groups is 3. The van der Waals surface area contributed by atoms with Gasteiger partial charge in [0.15, 0.2) is 0 Å². The number of nitrogens with zero attached hydrogens (tertiary/aromatic N) is 2. The average Bonchev–Trinajstić information content (AvgIpc) is 2.96. The van der Waals surface area contributed by atoms with Crippen LogP contribution in [-0.4, -0.2) is 42.7 Å². The largest absolute Gasteiger partial charge is 0.344 e. The van der Waals surface area contributed by atoms with Gasteiger partial charge in [-0.2, -0.15) is 0 Å². The van der Waals surface area contributed by atoms with Crippen LogP contribution in [0.3, 0.4) is 0 Å². The summed E-state index contributed by atoms with van der Waals surface area (Å²) in [6.45, 7) is 1.61. The van der Waals surface area contributed by atoms with Crippen molar-refractivity contribution in [3.63, 3.8) is 0 Å². The van der Waals surface area contributed by atoms with E-state index >= 15 is 0 Å². The number of carbonyl (C=O) groups excluding carboxylic acids is 3. The van der Waals surface area contributed by atoms with Crippen LogP contribution in [0.2, 0.25) is 0 Å². The van der Waals surface area contributed by atoms with Crippen LogP contribution >= 0.6 is 0 Å². The lowest BCUT2D eigenvalue weighted by Crippen LogP contribution is -2.52. The van der Waals surface area contributed by atoms with E-state index < -0.39 is 18.1 Å². The van der Waals surface area contributed by atoms with Crippen LogP contribution in [0, 0.1) is 5.92 Å². The molecule has 178 valence electrons. The van der Waals surface area contributed by atoms with Gasteiger partial charge in [0.05, 0.1) is 17.8 Å². The first-order valence-corrected chi connectivity index (χ1v) is 12.0. The predicted molar refractivity (Wildman–Crippen MR) is 133 cm³/mol. The summed E-state index contributed by atoms with van der Waals surface area (Å²) in [6, 6.07) is 16.3. The molecule has 34 heavy (non-hydrogen) atoms. The van der Waals surface area contributed by atoms with Crippen LogP contribution in [0.15, 0.2) is 59.6 Å². The number of benzodiazepines with no additional fused rings is 1. The van der Waals surface area contributed by atoms with E-state index in [1.54, 1.807) is 18.9 Å². The van der Waals surface area contributed by atoms with Crippen molar-refractivity contribution in [3.05, 3.63) is 65.7 Å². The molecule has 2 N–H and O–H groups in total. The molecular formula is C27H32N4O3. The fraction of sp³-hybridized carbons (Fsp3) is 0.407. The third kappa shape index (κ3) is 5.35. The Kier molecular flexibility index (Phi) is 7.40. The number of amides is 3. The lowest BCUT2D eigenvalue weighted by molar-refractivity contribution is -0.130. The Labute approximate surface area is 200 Å². The normalized spacial score (nSPS) is 19.5. The third-order valence-corrected chi connectivity index (χ3v) is 6.62. The SMILES string of the molecule is C[C@H](NC(=O)Cc1ccccc1)C(=O)NC1N=C(C2CCCCC2)c2ccccc2N(C)C1=O. The highest BCUT2D eigenvalue weighted by molar-refractivity contribution is 6.14. The smallest absolute Gasteiger partial charge is 0.272 e. The predicted octanol–water partition coefficient (Wildman–Crippen LogP) is 3.22. The highest BCUT2D eigenvalue weighted by Crippen LogP contribution is 2.33. The van der Waals surface area contributed by atoms with Crippen molar-refractivity contribution in [1.82, 2.24) is 10.6 Å². The molecule has 7 nitrogen and oxygen atoms in total. The molecule has 2 aromatic rings. The summed E-state index contributed by atoms with van der Waals surface area (Å²) in [4.78, 5) is 45.0. The third-order valence-electron chi connectivity index (χ3n) is 6.62. The number of anilines is 1. The van der Waals surface area contributed by atoms with E-state index in [-0.39, 0.29) is 24.2 Å². The first-order valence-electron chi connectivity index (χ1n) is 12.0. The number of rotatable bonds is 6. The number of para-hydroxylation sites is 1. The van der Waals surface area contributed by atoms with Crippen LogP contribution in [-0.2, 0) is 20.8 Å². The second kappa shape index (κ2) is 10.6. The standard InChI is InChI=1S/C27H32N4O3/c1-18(28-23(32)17-19-11-5-3-6-12-19)26(33)30-25-27(34)31(2)22-16-10-9-15-21(22)24(29-25)20-13-7-4-8-14-20/h3,5-6,9-12,15-16,18,20,25H,4,7-8,13-14,17H2,1-2H3,(H,28,32)(H,30,33)/t18-,25?/m0/s1. The maximum Gasteiger partial charge on any atom is 0.272 e. The highest BCUT2D eigenvalue weighted by atomic mass is 16.2. The molecule has 0 spiro atoms. The molecule has 1 aliphatic carbocycles. The zero-order valence-corrected chi connectivity index (χ0v) is 19.8. The van der Waals surface area contributed by atoms with Crippen molar-refractivity contribution in [2.45, 2.75) is 57.7 Å². The Morgan fingerprint density at radius 2 is 1.71 bits per heavy atom. The minimum Gasteiger partial charge on any atom is -0.344 e. The molecule has 1 fully saturated rings. The van der Waals surface area contributed by atoms with E-state index in [9.17, 15) is 14.4 Å². The monoisotopic (exact) mass is 460 g/mol. The molecule has 7 heteroatoms. The van der Waals surface area contributed by atoms with Gasteiger partial charge in [0.1, 0.15) is 6.04 Å². The lowest BCUT2D eigenvalue weighted by atomic mass is 9.83. The van der Waals surface area contributed by atoms with Crippen molar-refractivity contribution < 1.29 is 14.4 Å². The van der Waals surface area contributed by atoms with Crippen LogP contribution in [0.25, 0.3) is 0 Å². The summed E-state index contributed by atoms with van der Waals surface area (Å²) in [5, 5.41) is 5.51. The van der Waals surface area contributed by atoms with Crippen molar-refractivity contribution in [1.29, 1.82) is 0 Å². The second-order valence-corrected chi connectivity index (χ2v) is 9.13. The van der Waals surface area contributed by atoms with Crippen LogP contribution < -0.4 is 15.5 Å². The summed E-state index contributed by atoms with van der Waals surface area (Å²) in [7, 11) is 1.71. The Bertz CT molecular complexity index is 1080. The topological polar surface area (TPSA) is 90.9 Å². The number of hydrogen-bond donors (Lipinski definition) is 2. The molecular weight excluding hydrogens is 428 g/mol. The second-order valence-electron chi connectivity index (χ2n) is 9.13. The summed E-state index contributed by atoms with van der Waals surface area (Å²) in [5.74, 6) is -0.728. The fourth-order valence-corrected chi connectivity index (χ4v) is 4.74. The fourth-order valence-electron chi connectivity index (χ4n) is 4.74. The van der Waals surface area contributed by atoms with Crippen molar-refractivity contribution in [2.75, 3.05) is 11.9 Å².